The second-order valence-electron chi connectivity index (χ2n) is 4.99. The van der Waals surface area contributed by atoms with Crippen molar-refractivity contribution < 1.29 is 4.74 Å². The number of thioether (sulfide) groups is 1. The molecule has 2 aliphatic rings. The Bertz CT molecular complexity index is 269. The van der Waals surface area contributed by atoms with Gasteiger partial charge in [-0.25, -0.2) is 0 Å². The summed E-state index contributed by atoms with van der Waals surface area (Å²) in [5.74, 6) is 1.04. The van der Waals surface area contributed by atoms with E-state index in [1.165, 1.54) is 5.04 Å². The van der Waals surface area contributed by atoms with Crippen molar-refractivity contribution in [3.05, 3.63) is 0 Å². The van der Waals surface area contributed by atoms with Crippen LogP contribution in [0.2, 0.25) is 0 Å². The van der Waals surface area contributed by atoms with E-state index in [0.29, 0.717) is 6.10 Å². The molecule has 0 spiro atoms. The maximum Gasteiger partial charge on any atom is 0.106 e. The van der Waals surface area contributed by atoms with Gasteiger partial charge in [0.15, 0.2) is 0 Å². The summed E-state index contributed by atoms with van der Waals surface area (Å²) in [5.41, 5.74) is -0.0979. The number of nitrogens with one attached hydrogen (secondary N) is 1. The largest absolute Gasteiger partial charge is 0.372 e. The van der Waals surface area contributed by atoms with Crippen molar-refractivity contribution in [3.63, 3.8) is 0 Å². The summed E-state index contributed by atoms with van der Waals surface area (Å²) in [6.45, 7) is 9.51. The molecule has 1 fully saturated rings. The van der Waals surface area contributed by atoms with Crippen molar-refractivity contribution in [2.75, 3.05) is 12.4 Å². The minimum absolute atomic E-state index is 0.0169. The van der Waals surface area contributed by atoms with E-state index in [2.05, 4.69) is 38.0 Å². The van der Waals surface area contributed by atoms with Crippen LogP contribution >= 0.6 is 11.8 Å². The van der Waals surface area contributed by atoms with E-state index >= 15 is 0 Å². The van der Waals surface area contributed by atoms with E-state index < -0.39 is 0 Å². The fourth-order valence-corrected chi connectivity index (χ4v) is 3.03. The Morgan fingerprint density at radius 2 is 2.14 bits per heavy atom. The van der Waals surface area contributed by atoms with Gasteiger partial charge in [0, 0.05) is 5.75 Å². The van der Waals surface area contributed by atoms with Crippen molar-refractivity contribution >= 4 is 16.8 Å². The lowest BCUT2D eigenvalue weighted by atomic mass is 10.1. The maximum absolute atomic E-state index is 5.19. The molecule has 0 aromatic heterocycles. The number of epoxide rings is 1. The minimum Gasteiger partial charge on any atom is -0.372 e. The lowest BCUT2D eigenvalue weighted by molar-refractivity contribution is 0.372. The van der Waals surface area contributed by atoms with E-state index in [1.807, 2.05) is 11.8 Å². The van der Waals surface area contributed by atoms with Gasteiger partial charge in [0.2, 0.25) is 0 Å². The lowest BCUT2D eigenvalue weighted by Crippen LogP contribution is -2.47. The highest BCUT2D eigenvalue weighted by Crippen LogP contribution is 2.30. The van der Waals surface area contributed by atoms with Crippen LogP contribution in [0, 0.1) is 0 Å². The molecule has 1 unspecified atom stereocenters. The first kappa shape index (κ1) is 10.5. The number of nitrogens with zero attached hydrogens (tertiary/aromatic N) is 1. The van der Waals surface area contributed by atoms with E-state index in [-0.39, 0.29) is 11.2 Å². The molecule has 1 saturated heterocycles. The fourth-order valence-electron chi connectivity index (χ4n) is 1.79. The molecule has 14 heavy (non-hydrogen) atoms. The number of rotatable bonds is 2. The summed E-state index contributed by atoms with van der Waals surface area (Å²) < 4.78 is 5.19. The van der Waals surface area contributed by atoms with E-state index in [9.17, 15) is 0 Å². The van der Waals surface area contributed by atoms with Crippen molar-refractivity contribution in [2.24, 2.45) is 4.99 Å². The Morgan fingerprint density at radius 3 is 2.57 bits per heavy atom. The van der Waals surface area contributed by atoms with Crippen molar-refractivity contribution in [1.29, 1.82) is 0 Å². The van der Waals surface area contributed by atoms with Crippen molar-refractivity contribution in [3.8, 4) is 0 Å². The van der Waals surface area contributed by atoms with Crippen molar-refractivity contribution in [1.82, 2.24) is 5.32 Å². The third-order valence-corrected chi connectivity index (χ3v) is 3.76. The topological polar surface area (TPSA) is 36.9 Å². The molecule has 0 bridgehead atoms. The molecule has 0 amide bonds. The lowest BCUT2D eigenvalue weighted by Gasteiger charge is -2.24. The van der Waals surface area contributed by atoms with Gasteiger partial charge in [-0.05, 0) is 27.7 Å². The zero-order valence-corrected chi connectivity index (χ0v) is 10.1. The molecule has 0 aromatic rings. The predicted octanol–water partition coefficient (Wildman–Crippen LogP) is 1.63. The van der Waals surface area contributed by atoms with Gasteiger partial charge in [-0.1, -0.05) is 0 Å². The maximum atomic E-state index is 5.19. The average Bonchev–Trinajstić information content (AvgIpc) is 2.74. The summed E-state index contributed by atoms with van der Waals surface area (Å²) in [7, 11) is 0. The molecule has 2 heterocycles. The molecule has 3 nitrogen and oxygen atoms in total. The zero-order valence-electron chi connectivity index (χ0n) is 9.26. The monoisotopic (exact) mass is 214 g/mol. The third kappa shape index (κ3) is 2.30. The van der Waals surface area contributed by atoms with Gasteiger partial charge in [-0.2, -0.15) is 0 Å². The quantitative estimate of drug-likeness (QED) is 0.710. The Balaban J connectivity index is 1.99. The van der Waals surface area contributed by atoms with Gasteiger partial charge in [0.1, 0.15) is 5.66 Å². The van der Waals surface area contributed by atoms with Gasteiger partial charge in [-0.15, -0.1) is 11.8 Å². The first-order valence-electron chi connectivity index (χ1n) is 5.03. The highest BCUT2D eigenvalue weighted by molar-refractivity contribution is 8.14. The Hall–Kier alpha value is -0.0600. The van der Waals surface area contributed by atoms with Crippen LogP contribution in [0.3, 0.4) is 0 Å². The normalized spacial score (nSPS) is 32.9. The Kier molecular flexibility index (Phi) is 2.40. The van der Waals surface area contributed by atoms with Crippen LogP contribution in [0.25, 0.3) is 0 Å². The summed E-state index contributed by atoms with van der Waals surface area (Å²) in [4.78, 5) is 4.69. The van der Waals surface area contributed by atoms with Crippen LogP contribution in [-0.2, 0) is 4.74 Å². The molecule has 2 rings (SSSR count). The number of hydrogen-bond acceptors (Lipinski definition) is 4. The van der Waals surface area contributed by atoms with Crippen LogP contribution in [0.5, 0.6) is 0 Å². The van der Waals surface area contributed by atoms with Gasteiger partial charge in [0.25, 0.3) is 0 Å². The van der Waals surface area contributed by atoms with Gasteiger partial charge in [0.05, 0.1) is 23.3 Å². The molecular weight excluding hydrogens is 196 g/mol. The second kappa shape index (κ2) is 3.22. The molecule has 0 aliphatic carbocycles. The third-order valence-electron chi connectivity index (χ3n) is 2.34. The van der Waals surface area contributed by atoms with Crippen LogP contribution in [-0.4, -0.2) is 34.7 Å². The van der Waals surface area contributed by atoms with Crippen LogP contribution < -0.4 is 5.32 Å². The number of hydrogen-bond donors (Lipinski definition) is 1. The predicted molar refractivity (Wildman–Crippen MR) is 60.9 cm³/mol. The fraction of sp³-hybridized carbons (Fsp3) is 0.900. The number of ether oxygens (including phenoxy) is 1. The van der Waals surface area contributed by atoms with Gasteiger partial charge in [-0.3, -0.25) is 10.3 Å². The molecule has 1 N–H and O–H groups in total. The van der Waals surface area contributed by atoms with Gasteiger partial charge >= 0.3 is 0 Å². The molecule has 1 atom stereocenters. The molecule has 80 valence electrons. The summed E-state index contributed by atoms with van der Waals surface area (Å²) in [5, 5.41) is 4.70. The van der Waals surface area contributed by atoms with Crippen LogP contribution in [0.4, 0.5) is 0 Å². The van der Waals surface area contributed by atoms with Crippen LogP contribution in [0.1, 0.15) is 27.7 Å². The molecule has 0 saturated carbocycles. The SMILES string of the molecule is CC1(C)N=C(SCC2CO2)C(C)(C)N1. The molecular formula is C10H18N2OS. The summed E-state index contributed by atoms with van der Waals surface area (Å²) >= 11 is 1.83. The van der Waals surface area contributed by atoms with Crippen molar-refractivity contribution in [2.45, 2.75) is 45.0 Å². The number of aliphatic imine (C=N–C) groups is 1. The molecule has 0 radical (unpaired) electrons. The first-order chi connectivity index (χ1) is 6.39. The smallest absolute Gasteiger partial charge is 0.106 e. The Labute approximate surface area is 89.7 Å². The first-order valence-corrected chi connectivity index (χ1v) is 6.02. The molecule has 0 aromatic carbocycles. The minimum atomic E-state index is -0.115. The standard InChI is InChI=1S/C10H18N2OS/c1-9(2)8(11-10(3,4)12-9)14-6-7-5-13-7/h7,12H,5-6H2,1-4H3. The molecule has 2 aliphatic heterocycles. The zero-order chi connectivity index (χ0) is 10.4. The van der Waals surface area contributed by atoms with E-state index in [1.54, 1.807) is 0 Å². The second-order valence-corrected chi connectivity index (χ2v) is 6.00. The summed E-state index contributed by atoms with van der Waals surface area (Å²) in [6, 6.07) is 0. The Morgan fingerprint density at radius 1 is 1.50 bits per heavy atom. The average molecular weight is 214 g/mol. The van der Waals surface area contributed by atoms with E-state index in [0.717, 1.165) is 12.4 Å². The highest BCUT2D eigenvalue weighted by atomic mass is 32.2. The van der Waals surface area contributed by atoms with E-state index in [4.69, 9.17) is 4.74 Å². The van der Waals surface area contributed by atoms with Crippen LogP contribution in [0.15, 0.2) is 4.99 Å². The highest BCUT2D eigenvalue weighted by Gasteiger charge is 2.39. The molecule has 4 heteroatoms. The van der Waals surface area contributed by atoms with Gasteiger partial charge < -0.3 is 4.74 Å². The summed E-state index contributed by atoms with van der Waals surface area (Å²) in [6.07, 6.45) is 0.474.